The molecule has 1 aromatic rings. The van der Waals surface area contributed by atoms with E-state index < -0.39 is 23.6 Å². The second-order valence-electron chi connectivity index (χ2n) is 3.93. The standard InChI is InChI=1S/C12H13F2N3O/c1-2-6-15-12-16-10(11(18)17-12)9-7(13)4-3-5-8(9)14/h3-5,10H,2,6H2,1H3,(H2,15,16,17,18). The van der Waals surface area contributed by atoms with E-state index in [0.717, 1.165) is 18.6 Å². The number of hydrogen-bond donors (Lipinski definition) is 2. The van der Waals surface area contributed by atoms with Gasteiger partial charge in [-0.2, -0.15) is 0 Å². The maximum absolute atomic E-state index is 13.6. The van der Waals surface area contributed by atoms with Crippen molar-refractivity contribution in [1.29, 1.82) is 0 Å². The number of aliphatic imine (C=N–C) groups is 1. The highest BCUT2D eigenvalue weighted by Crippen LogP contribution is 2.22. The van der Waals surface area contributed by atoms with Crippen molar-refractivity contribution < 1.29 is 13.6 Å². The molecule has 2 rings (SSSR count). The quantitative estimate of drug-likeness (QED) is 0.857. The maximum atomic E-state index is 13.6. The van der Waals surface area contributed by atoms with E-state index in [0.29, 0.717) is 6.54 Å². The van der Waals surface area contributed by atoms with Crippen molar-refractivity contribution in [3.8, 4) is 0 Å². The predicted molar refractivity (Wildman–Crippen MR) is 63.0 cm³/mol. The molecule has 4 nitrogen and oxygen atoms in total. The van der Waals surface area contributed by atoms with E-state index in [1.807, 2.05) is 6.92 Å². The second kappa shape index (κ2) is 5.12. The Balaban J connectivity index is 2.27. The maximum Gasteiger partial charge on any atom is 0.254 e. The first-order valence-corrected chi connectivity index (χ1v) is 5.69. The fourth-order valence-corrected chi connectivity index (χ4v) is 1.73. The summed E-state index contributed by atoms with van der Waals surface area (Å²) in [7, 11) is 0. The number of carbonyl (C=O) groups excluding carboxylic acids is 1. The van der Waals surface area contributed by atoms with Gasteiger partial charge in [0.25, 0.3) is 5.91 Å². The van der Waals surface area contributed by atoms with Crippen LogP contribution in [0.15, 0.2) is 23.2 Å². The van der Waals surface area contributed by atoms with Gasteiger partial charge < -0.3 is 5.32 Å². The van der Waals surface area contributed by atoms with Gasteiger partial charge in [-0.25, -0.2) is 8.78 Å². The number of amides is 1. The lowest BCUT2D eigenvalue weighted by molar-refractivity contribution is -0.120. The number of carbonyl (C=O) groups is 1. The first-order valence-electron chi connectivity index (χ1n) is 5.69. The van der Waals surface area contributed by atoms with Gasteiger partial charge in [-0.1, -0.05) is 13.0 Å². The third-order valence-corrected chi connectivity index (χ3v) is 2.57. The largest absolute Gasteiger partial charge is 0.340 e. The van der Waals surface area contributed by atoms with Crippen LogP contribution in [0.3, 0.4) is 0 Å². The minimum Gasteiger partial charge on any atom is -0.340 e. The third kappa shape index (κ3) is 2.32. The summed E-state index contributed by atoms with van der Waals surface area (Å²) in [5.74, 6) is -1.75. The van der Waals surface area contributed by atoms with Gasteiger partial charge in [0, 0.05) is 6.54 Å². The van der Waals surface area contributed by atoms with E-state index in [-0.39, 0.29) is 11.5 Å². The molecule has 6 heteroatoms. The highest BCUT2D eigenvalue weighted by molar-refractivity contribution is 6.06. The fraction of sp³-hybridized carbons (Fsp3) is 0.333. The van der Waals surface area contributed by atoms with Crippen molar-refractivity contribution in [2.24, 2.45) is 4.99 Å². The molecular formula is C12H13F2N3O. The van der Waals surface area contributed by atoms with Crippen LogP contribution in [-0.4, -0.2) is 18.4 Å². The molecule has 1 atom stereocenters. The van der Waals surface area contributed by atoms with Gasteiger partial charge in [-0.15, -0.1) is 0 Å². The number of guanidine groups is 1. The highest BCUT2D eigenvalue weighted by atomic mass is 19.1. The molecule has 18 heavy (non-hydrogen) atoms. The Morgan fingerprint density at radius 1 is 1.33 bits per heavy atom. The van der Waals surface area contributed by atoms with Gasteiger partial charge in [0.2, 0.25) is 0 Å². The Labute approximate surface area is 103 Å². The van der Waals surface area contributed by atoms with Crippen molar-refractivity contribution >= 4 is 11.9 Å². The molecule has 96 valence electrons. The molecule has 1 fully saturated rings. The molecule has 1 amide bonds. The van der Waals surface area contributed by atoms with E-state index in [9.17, 15) is 13.6 Å². The molecule has 0 radical (unpaired) electrons. The van der Waals surface area contributed by atoms with E-state index in [4.69, 9.17) is 0 Å². The van der Waals surface area contributed by atoms with Crippen LogP contribution in [0.25, 0.3) is 0 Å². The van der Waals surface area contributed by atoms with Gasteiger partial charge in [0.15, 0.2) is 5.96 Å². The van der Waals surface area contributed by atoms with Gasteiger partial charge in [0.1, 0.15) is 17.7 Å². The fourth-order valence-electron chi connectivity index (χ4n) is 1.73. The molecule has 0 saturated carbocycles. The SMILES string of the molecule is CCCN=C1NC(=O)C(c2c(F)cccc2F)N1. The average Bonchev–Trinajstić information content (AvgIpc) is 2.68. The lowest BCUT2D eigenvalue weighted by atomic mass is 10.1. The lowest BCUT2D eigenvalue weighted by Gasteiger charge is -2.10. The minimum absolute atomic E-state index is 0.259. The summed E-state index contributed by atoms with van der Waals surface area (Å²) >= 11 is 0. The average molecular weight is 253 g/mol. The highest BCUT2D eigenvalue weighted by Gasteiger charge is 2.33. The van der Waals surface area contributed by atoms with Crippen LogP contribution in [0, 0.1) is 11.6 Å². The summed E-state index contributed by atoms with van der Waals surface area (Å²) in [6.07, 6.45) is 0.819. The Morgan fingerprint density at radius 3 is 2.61 bits per heavy atom. The first kappa shape index (κ1) is 12.5. The molecule has 1 aliphatic heterocycles. The van der Waals surface area contributed by atoms with Crippen LogP contribution in [0.1, 0.15) is 24.9 Å². The van der Waals surface area contributed by atoms with Gasteiger partial charge in [-0.3, -0.25) is 15.1 Å². The Hall–Kier alpha value is -1.98. The van der Waals surface area contributed by atoms with Gasteiger partial charge in [0.05, 0.1) is 5.56 Å². The Kier molecular flexibility index (Phi) is 3.55. The molecular weight excluding hydrogens is 240 g/mol. The molecule has 2 N–H and O–H groups in total. The van der Waals surface area contributed by atoms with E-state index in [2.05, 4.69) is 15.6 Å². The zero-order valence-corrected chi connectivity index (χ0v) is 9.84. The first-order chi connectivity index (χ1) is 8.63. The van der Waals surface area contributed by atoms with Crippen LogP contribution in [0.4, 0.5) is 8.78 Å². The summed E-state index contributed by atoms with van der Waals surface area (Å²) in [6, 6.07) is 2.43. The predicted octanol–water partition coefficient (Wildman–Crippen LogP) is 1.49. The molecule has 0 spiro atoms. The minimum atomic E-state index is -1.07. The number of rotatable bonds is 3. The van der Waals surface area contributed by atoms with Crippen molar-refractivity contribution in [2.45, 2.75) is 19.4 Å². The van der Waals surface area contributed by atoms with Crippen LogP contribution in [0.2, 0.25) is 0 Å². The molecule has 1 saturated heterocycles. The molecule has 0 bridgehead atoms. The Morgan fingerprint density at radius 2 is 2.00 bits per heavy atom. The number of hydrogen-bond acceptors (Lipinski definition) is 2. The van der Waals surface area contributed by atoms with Gasteiger partial charge >= 0.3 is 0 Å². The zero-order chi connectivity index (χ0) is 13.1. The van der Waals surface area contributed by atoms with E-state index in [1.165, 1.54) is 6.07 Å². The number of benzene rings is 1. The summed E-state index contributed by atoms with van der Waals surface area (Å²) < 4.78 is 27.1. The summed E-state index contributed by atoms with van der Waals surface area (Å²) in [5, 5.41) is 5.14. The summed E-state index contributed by atoms with van der Waals surface area (Å²) in [5.41, 5.74) is -0.281. The van der Waals surface area contributed by atoms with Crippen LogP contribution >= 0.6 is 0 Å². The number of nitrogens with one attached hydrogen (secondary N) is 2. The Bertz CT molecular complexity index is 482. The van der Waals surface area contributed by atoms with Crippen molar-refractivity contribution in [3.63, 3.8) is 0 Å². The van der Waals surface area contributed by atoms with Crippen molar-refractivity contribution in [2.75, 3.05) is 6.54 Å². The van der Waals surface area contributed by atoms with E-state index in [1.54, 1.807) is 0 Å². The van der Waals surface area contributed by atoms with Gasteiger partial charge in [-0.05, 0) is 18.6 Å². The van der Waals surface area contributed by atoms with Crippen LogP contribution in [-0.2, 0) is 4.79 Å². The topological polar surface area (TPSA) is 53.5 Å². The molecule has 0 aromatic heterocycles. The van der Waals surface area contributed by atoms with Crippen molar-refractivity contribution in [3.05, 3.63) is 35.4 Å². The third-order valence-electron chi connectivity index (χ3n) is 2.57. The van der Waals surface area contributed by atoms with Crippen LogP contribution in [0.5, 0.6) is 0 Å². The van der Waals surface area contributed by atoms with Crippen molar-refractivity contribution in [1.82, 2.24) is 10.6 Å². The van der Waals surface area contributed by atoms with E-state index >= 15 is 0 Å². The number of nitrogens with zero attached hydrogens (tertiary/aromatic N) is 1. The normalized spacial score (nSPS) is 20.9. The molecule has 0 aliphatic carbocycles. The summed E-state index contributed by atoms with van der Waals surface area (Å²) in [6.45, 7) is 2.48. The lowest BCUT2D eigenvalue weighted by Crippen LogP contribution is -2.25. The molecule has 1 aliphatic rings. The molecule has 1 heterocycles. The second-order valence-corrected chi connectivity index (χ2v) is 3.93. The van der Waals surface area contributed by atoms with Crippen LogP contribution < -0.4 is 10.6 Å². The monoisotopic (exact) mass is 253 g/mol. The smallest absolute Gasteiger partial charge is 0.254 e. The zero-order valence-electron chi connectivity index (χ0n) is 9.84. The summed E-state index contributed by atoms with van der Waals surface area (Å²) in [4.78, 5) is 15.7. The molecule has 1 aromatic carbocycles. The number of halogens is 2. The molecule has 1 unspecified atom stereocenters.